The first-order valence-electron chi connectivity index (χ1n) is 9.29. The highest BCUT2D eigenvalue weighted by Crippen LogP contribution is 2.36. The van der Waals surface area contributed by atoms with Gasteiger partial charge >= 0.3 is 0 Å². The maximum absolute atomic E-state index is 13.4. The van der Waals surface area contributed by atoms with Gasteiger partial charge in [-0.2, -0.15) is 0 Å². The molecule has 0 aliphatic carbocycles. The second kappa shape index (κ2) is 9.12. The number of hydrogen-bond donors (Lipinski definition) is 1. The zero-order valence-electron chi connectivity index (χ0n) is 16.2. The second-order valence-electron chi connectivity index (χ2n) is 6.84. The fourth-order valence-corrected chi connectivity index (χ4v) is 3.39. The molecule has 0 unspecified atom stereocenters. The third-order valence-corrected chi connectivity index (χ3v) is 4.99. The molecule has 0 bridgehead atoms. The molecule has 1 fully saturated rings. The molecule has 0 saturated carbocycles. The van der Waals surface area contributed by atoms with E-state index in [-0.39, 0.29) is 11.7 Å². The van der Waals surface area contributed by atoms with Crippen LogP contribution in [0.4, 0.5) is 10.1 Å². The number of nitrogens with zero attached hydrogens (tertiary/aromatic N) is 1. The maximum Gasteiger partial charge on any atom is 0.235 e. The first-order chi connectivity index (χ1) is 13.5. The molecular weight excluding hydrogens is 363 g/mol. The van der Waals surface area contributed by atoms with Crippen LogP contribution in [0.5, 0.6) is 5.88 Å². The van der Waals surface area contributed by atoms with E-state index in [0.717, 1.165) is 11.1 Å². The summed E-state index contributed by atoms with van der Waals surface area (Å²) in [6, 6.07) is 7.95. The number of hydrogen-bond acceptors (Lipinski definition) is 5. The van der Waals surface area contributed by atoms with Crippen LogP contribution in [0, 0.1) is 12.7 Å². The molecular formula is C21H25FN2O4. The summed E-state index contributed by atoms with van der Waals surface area (Å²) in [4.78, 5) is 17.5. The largest absolute Gasteiger partial charge is 0.475 e. The lowest BCUT2D eigenvalue weighted by atomic mass is 9.73. The lowest BCUT2D eigenvalue weighted by Gasteiger charge is -2.36. The smallest absolute Gasteiger partial charge is 0.235 e. The molecule has 0 radical (unpaired) electrons. The number of aryl methyl sites for hydroxylation is 1. The van der Waals surface area contributed by atoms with Crippen molar-refractivity contribution in [3.8, 4) is 5.88 Å². The number of anilines is 1. The van der Waals surface area contributed by atoms with Gasteiger partial charge in [0.2, 0.25) is 11.8 Å². The van der Waals surface area contributed by atoms with Gasteiger partial charge in [-0.05, 0) is 43.5 Å². The van der Waals surface area contributed by atoms with Gasteiger partial charge in [-0.3, -0.25) is 4.79 Å². The minimum atomic E-state index is -0.756. The molecule has 2 aromatic rings. The molecule has 0 spiro atoms. The molecule has 150 valence electrons. The monoisotopic (exact) mass is 388 g/mol. The van der Waals surface area contributed by atoms with Gasteiger partial charge in [-0.15, -0.1) is 0 Å². The van der Waals surface area contributed by atoms with Crippen molar-refractivity contribution in [2.75, 3.05) is 38.9 Å². The highest BCUT2D eigenvalue weighted by Gasteiger charge is 2.41. The summed E-state index contributed by atoms with van der Waals surface area (Å²) in [6.07, 6.45) is 2.65. The molecule has 3 rings (SSSR count). The highest BCUT2D eigenvalue weighted by molar-refractivity contribution is 5.99. The van der Waals surface area contributed by atoms with Crippen molar-refractivity contribution >= 4 is 11.6 Å². The van der Waals surface area contributed by atoms with Crippen LogP contribution in [0.25, 0.3) is 0 Å². The van der Waals surface area contributed by atoms with E-state index in [1.165, 1.54) is 12.1 Å². The van der Waals surface area contributed by atoms with Gasteiger partial charge in [0, 0.05) is 25.9 Å². The van der Waals surface area contributed by atoms with Crippen LogP contribution in [0.15, 0.2) is 36.5 Å². The predicted octanol–water partition coefficient (Wildman–Crippen LogP) is 3.24. The number of amides is 1. The average molecular weight is 388 g/mol. The van der Waals surface area contributed by atoms with E-state index >= 15 is 0 Å². The summed E-state index contributed by atoms with van der Waals surface area (Å²) in [6.45, 7) is 3.71. The van der Waals surface area contributed by atoms with E-state index in [1.54, 1.807) is 25.4 Å². The molecule has 0 atom stereocenters. The Morgan fingerprint density at radius 3 is 2.61 bits per heavy atom. The quantitative estimate of drug-likeness (QED) is 0.738. The minimum Gasteiger partial charge on any atom is -0.475 e. The van der Waals surface area contributed by atoms with Crippen molar-refractivity contribution in [3.05, 3.63) is 53.5 Å². The molecule has 1 amide bonds. The number of methoxy groups -OCH3 is 1. The Labute approximate surface area is 164 Å². The van der Waals surface area contributed by atoms with Crippen LogP contribution >= 0.6 is 0 Å². The molecule has 1 N–H and O–H groups in total. The number of carbonyl (C=O) groups is 1. The normalized spacial score (nSPS) is 15.8. The third kappa shape index (κ3) is 4.48. The topological polar surface area (TPSA) is 69.7 Å². The molecule has 1 aromatic carbocycles. The molecule has 6 nitrogen and oxygen atoms in total. The fraction of sp³-hybridized carbons (Fsp3) is 0.429. The van der Waals surface area contributed by atoms with Gasteiger partial charge in [0.05, 0.1) is 23.9 Å². The van der Waals surface area contributed by atoms with Crippen LogP contribution in [0.1, 0.15) is 24.0 Å². The highest BCUT2D eigenvalue weighted by atomic mass is 19.1. The molecule has 1 saturated heterocycles. The van der Waals surface area contributed by atoms with Crippen LogP contribution < -0.4 is 10.1 Å². The number of ether oxygens (including phenoxy) is 3. The van der Waals surface area contributed by atoms with Crippen LogP contribution in [0.3, 0.4) is 0 Å². The Morgan fingerprint density at radius 1 is 1.25 bits per heavy atom. The number of aromatic nitrogens is 1. The van der Waals surface area contributed by atoms with Gasteiger partial charge in [0.25, 0.3) is 0 Å². The number of rotatable bonds is 7. The Hall–Kier alpha value is -2.51. The first kappa shape index (κ1) is 20.2. The summed E-state index contributed by atoms with van der Waals surface area (Å²) in [5.41, 5.74) is 1.44. The van der Waals surface area contributed by atoms with E-state index in [2.05, 4.69) is 10.3 Å². The SMILES string of the molecule is COCCOc1ncc(NC(=O)C2(c3ccc(F)cc3)CCOCC2)cc1C. The van der Waals surface area contributed by atoms with E-state index in [4.69, 9.17) is 14.2 Å². The Bertz CT molecular complexity index is 805. The Morgan fingerprint density at radius 2 is 1.96 bits per heavy atom. The average Bonchev–Trinajstić information content (AvgIpc) is 2.71. The zero-order chi connectivity index (χ0) is 20.0. The van der Waals surface area contributed by atoms with Crippen LogP contribution in [0.2, 0.25) is 0 Å². The van der Waals surface area contributed by atoms with Gasteiger partial charge in [0.15, 0.2) is 0 Å². The lowest BCUT2D eigenvalue weighted by Crippen LogP contribution is -2.44. The number of pyridine rings is 1. The minimum absolute atomic E-state index is 0.142. The maximum atomic E-state index is 13.4. The molecule has 2 heterocycles. The number of nitrogens with one attached hydrogen (secondary N) is 1. The summed E-state index contributed by atoms with van der Waals surface area (Å²) in [5.74, 6) is 0.0428. The van der Waals surface area contributed by atoms with Crippen LogP contribution in [-0.2, 0) is 19.7 Å². The Kier molecular flexibility index (Phi) is 6.59. The molecule has 1 aliphatic heterocycles. The fourth-order valence-electron chi connectivity index (χ4n) is 3.39. The second-order valence-corrected chi connectivity index (χ2v) is 6.84. The van der Waals surface area contributed by atoms with Gasteiger partial charge in [-0.1, -0.05) is 12.1 Å². The van der Waals surface area contributed by atoms with Crippen molar-refractivity contribution in [1.82, 2.24) is 4.98 Å². The van der Waals surface area contributed by atoms with E-state index in [9.17, 15) is 9.18 Å². The number of benzene rings is 1. The Balaban J connectivity index is 1.79. The number of carbonyl (C=O) groups excluding carboxylic acids is 1. The number of halogens is 1. The first-order valence-corrected chi connectivity index (χ1v) is 9.29. The molecule has 7 heteroatoms. The summed E-state index contributed by atoms with van der Waals surface area (Å²) >= 11 is 0. The summed E-state index contributed by atoms with van der Waals surface area (Å²) < 4.78 is 29.3. The van der Waals surface area contributed by atoms with Crippen molar-refractivity contribution in [1.29, 1.82) is 0 Å². The van der Waals surface area contributed by atoms with E-state index in [1.807, 2.05) is 13.0 Å². The zero-order valence-corrected chi connectivity index (χ0v) is 16.2. The van der Waals surface area contributed by atoms with Crippen molar-refractivity contribution in [3.63, 3.8) is 0 Å². The third-order valence-electron chi connectivity index (χ3n) is 4.99. The molecule has 1 aliphatic rings. The van der Waals surface area contributed by atoms with E-state index < -0.39 is 5.41 Å². The molecule has 28 heavy (non-hydrogen) atoms. The standard InChI is InChI=1S/C21H25FN2O4/c1-15-13-18(14-23-19(15)28-12-11-26-2)24-20(25)21(7-9-27-10-8-21)16-3-5-17(22)6-4-16/h3-6,13-14H,7-12H2,1-2H3,(H,24,25). The lowest BCUT2D eigenvalue weighted by molar-refractivity contribution is -0.125. The van der Waals surface area contributed by atoms with Gasteiger partial charge in [0.1, 0.15) is 12.4 Å². The molecule has 1 aromatic heterocycles. The van der Waals surface area contributed by atoms with E-state index in [0.29, 0.717) is 50.8 Å². The van der Waals surface area contributed by atoms with Crippen molar-refractivity contribution < 1.29 is 23.4 Å². The van der Waals surface area contributed by atoms with Crippen LogP contribution in [-0.4, -0.2) is 44.4 Å². The van der Waals surface area contributed by atoms with Crippen molar-refractivity contribution in [2.24, 2.45) is 0 Å². The van der Waals surface area contributed by atoms with Gasteiger partial charge < -0.3 is 19.5 Å². The van der Waals surface area contributed by atoms with Crippen molar-refractivity contribution in [2.45, 2.75) is 25.2 Å². The predicted molar refractivity (Wildman–Crippen MR) is 103 cm³/mol. The summed E-state index contributed by atoms with van der Waals surface area (Å²) in [5, 5.41) is 2.97. The summed E-state index contributed by atoms with van der Waals surface area (Å²) in [7, 11) is 1.61. The van der Waals surface area contributed by atoms with Gasteiger partial charge in [-0.25, -0.2) is 9.37 Å².